The Hall–Kier alpha value is -0.810. The summed E-state index contributed by atoms with van der Waals surface area (Å²) < 4.78 is 126. The molecule has 0 atom stereocenters. The molecule has 68 heavy (non-hydrogen) atoms. The lowest BCUT2D eigenvalue weighted by molar-refractivity contribution is -0.0308. The summed E-state index contributed by atoms with van der Waals surface area (Å²) >= 11 is 0. The van der Waals surface area contributed by atoms with Gasteiger partial charge in [0.15, 0.2) is 0 Å². The van der Waals surface area contributed by atoms with Gasteiger partial charge in [-0.15, -0.1) is 0 Å². The summed E-state index contributed by atoms with van der Waals surface area (Å²) in [4.78, 5) is 0. The van der Waals surface area contributed by atoms with E-state index >= 15 is 0 Å². The van der Waals surface area contributed by atoms with Crippen molar-refractivity contribution in [1.29, 1.82) is 0 Å². The van der Waals surface area contributed by atoms with Crippen LogP contribution in [0.1, 0.15) is 71.1 Å². The molecule has 0 rings (SSSR count). The molecule has 0 heterocycles. The van der Waals surface area contributed by atoms with Crippen molar-refractivity contribution in [2.75, 3.05) is 231 Å². The van der Waals surface area contributed by atoms with Crippen molar-refractivity contribution in [3.05, 3.63) is 0 Å². The largest absolute Gasteiger partial charge is 0.397 e. The van der Waals surface area contributed by atoms with Gasteiger partial charge in [0.2, 0.25) is 0 Å². The van der Waals surface area contributed by atoms with Crippen molar-refractivity contribution in [1.82, 2.24) is 0 Å². The lowest BCUT2D eigenvalue weighted by Crippen LogP contribution is -2.16. The topological polar surface area (TPSA) is 221 Å². The minimum atomic E-state index is -4.43. The van der Waals surface area contributed by atoms with E-state index in [1.165, 1.54) is 57.8 Å². The maximum atomic E-state index is 10.4. The van der Waals surface area contributed by atoms with E-state index in [-0.39, 0.29) is 19.8 Å². The Labute approximate surface area is 409 Å². The lowest BCUT2D eigenvalue weighted by Gasteiger charge is -2.09. The Morgan fingerprint density at radius 2 is 0.368 bits per heavy atom. The van der Waals surface area contributed by atoms with Crippen LogP contribution in [0.4, 0.5) is 0 Å². The predicted octanol–water partition coefficient (Wildman–Crippen LogP) is 4.01. The molecule has 0 spiro atoms. The molecule has 0 aromatic carbocycles. The van der Waals surface area contributed by atoms with Gasteiger partial charge in [-0.25, -0.2) is 4.18 Å². The molecular weight excluding hydrogens is 921 g/mol. The van der Waals surface area contributed by atoms with E-state index in [1.54, 1.807) is 0 Å². The second kappa shape index (κ2) is 60.5. The SMILES string of the molecule is CCCCCCCCCCCCOCCOCCOCCOCCOCCOCCOCCOCCOCCOCCOCCOCCOCCOCCOCCOCCOCCOS(=O)(=O)O. The van der Waals surface area contributed by atoms with Crippen LogP contribution in [0.15, 0.2) is 0 Å². The normalized spacial score (nSPS) is 12.0. The third kappa shape index (κ3) is 65.2. The van der Waals surface area contributed by atoms with Crippen LogP contribution in [0.3, 0.4) is 0 Å². The van der Waals surface area contributed by atoms with Crippen molar-refractivity contribution in [3.8, 4) is 0 Å². The number of rotatable bonds is 63. The molecule has 0 saturated carbocycles. The van der Waals surface area contributed by atoms with Crippen molar-refractivity contribution in [2.24, 2.45) is 0 Å². The monoisotopic (exact) mass is 1010 g/mol. The van der Waals surface area contributed by atoms with Crippen LogP contribution in [0.2, 0.25) is 0 Å². The Morgan fingerprint density at radius 3 is 0.544 bits per heavy atom. The van der Waals surface area contributed by atoms with Gasteiger partial charge in [0.1, 0.15) is 0 Å². The molecule has 0 aliphatic carbocycles. The average molecular weight is 1020 g/mol. The first-order valence-electron chi connectivity index (χ1n) is 25.0. The van der Waals surface area contributed by atoms with Crippen LogP contribution in [0.25, 0.3) is 0 Å². The van der Waals surface area contributed by atoms with Gasteiger partial charge in [0.05, 0.1) is 225 Å². The number of hydrogen-bond acceptors (Lipinski definition) is 20. The van der Waals surface area contributed by atoms with Crippen LogP contribution >= 0.6 is 0 Å². The highest BCUT2D eigenvalue weighted by Gasteiger charge is 2.03. The summed E-state index contributed by atoms with van der Waals surface area (Å²) in [6, 6.07) is 0. The molecule has 0 bridgehead atoms. The molecule has 21 nitrogen and oxygen atoms in total. The third-order valence-electron chi connectivity index (χ3n) is 9.05. The quantitative estimate of drug-likeness (QED) is 0.0672. The van der Waals surface area contributed by atoms with Crippen molar-refractivity contribution >= 4 is 10.4 Å². The highest BCUT2D eigenvalue weighted by Crippen LogP contribution is 2.10. The van der Waals surface area contributed by atoms with Gasteiger partial charge in [0.25, 0.3) is 0 Å². The van der Waals surface area contributed by atoms with Gasteiger partial charge in [0, 0.05) is 6.61 Å². The van der Waals surface area contributed by atoms with Crippen LogP contribution in [0.5, 0.6) is 0 Å². The maximum Gasteiger partial charge on any atom is 0.397 e. The molecule has 410 valence electrons. The number of hydrogen-bond donors (Lipinski definition) is 1. The summed E-state index contributed by atoms with van der Waals surface area (Å²) in [7, 11) is -4.43. The summed E-state index contributed by atoms with van der Waals surface area (Å²) in [6.07, 6.45) is 13.3. The first-order valence-corrected chi connectivity index (χ1v) is 26.4. The first-order chi connectivity index (χ1) is 33.6. The van der Waals surface area contributed by atoms with Gasteiger partial charge in [-0.2, -0.15) is 8.42 Å². The fourth-order valence-corrected chi connectivity index (χ4v) is 5.79. The summed E-state index contributed by atoms with van der Waals surface area (Å²) in [5, 5.41) is 0. The van der Waals surface area contributed by atoms with Crippen LogP contribution in [0, 0.1) is 0 Å². The van der Waals surface area contributed by atoms with Gasteiger partial charge < -0.3 is 80.5 Å². The molecule has 0 aromatic heterocycles. The highest BCUT2D eigenvalue weighted by atomic mass is 32.3. The number of unbranched alkanes of at least 4 members (excludes halogenated alkanes) is 9. The molecular formula is C46H94O21S. The van der Waals surface area contributed by atoms with E-state index in [4.69, 9.17) is 85.1 Å². The standard InChI is InChI=1S/C46H94O21S/c1-2-3-4-5-6-7-8-9-10-11-12-50-13-14-51-15-16-52-17-18-53-19-20-54-21-22-55-23-24-56-25-26-57-27-28-58-29-30-59-31-32-60-33-34-61-35-36-62-37-38-63-39-40-64-41-42-65-43-44-66-45-46-67-68(47,48)49/h2-46H2,1H3,(H,47,48,49). The van der Waals surface area contributed by atoms with E-state index < -0.39 is 10.4 Å². The smallest absolute Gasteiger partial charge is 0.379 e. The predicted molar refractivity (Wildman–Crippen MR) is 253 cm³/mol. The summed E-state index contributed by atoms with van der Waals surface area (Å²) in [5.41, 5.74) is 0. The zero-order chi connectivity index (χ0) is 49.0. The molecule has 0 aromatic rings. The number of ether oxygens (including phenoxy) is 17. The molecule has 1 N–H and O–H groups in total. The van der Waals surface area contributed by atoms with E-state index in [0.29, 0.717) is 205 Å². The Balaban J connectivity index is 3.08. The van der Waals surface area contributed by atoms with E-state index in [2.05, 4.69) is 11.1 Å². The van der Waals surface area contributed by atoms with Crippen molar-refractivity contribution in [3.63, 3.8) is 0 Å². The lowest BCUT2D eigenvalue weighted by atomic mass is 10.1. The fraction of sp³-hybridized carbons (Fsp3) is 1.00. The molecule has 0 fully saturated rings. The molecule has 0 saturated heterocycles. The van der Waals surface area contributed by atoms with Gasteiger partial charge in [-0.1, -0.05) is 64.7 Å². The molecule has 0 amide bonds. The molecule has 0 aliphatic heterocycles. The highest BCUT2D eigenvalue weighted by molar-refractivity contribution is 7.80. The van der Waals surface area contributed by atoms with Crippen molar-refractivity contribution in [2.45, 2.75) is 71.1 Å². The molecule has 22 heteroatoms. The molecule has 0 radical (unpaired) electrons. The minimum absolute atomic E-state index is 0.0262. The van der Waals surface area contributed by atoms with Gasteiger partial charge in [-0.05, 0) is 6.42 Å². The zero-order valence-corrected chi connectivity index (χ0v) is 42.7. The summed E-state index contributed by atoms with van der Waals surface area (Å²) in [5.74, 6) is 0. The van der Waals surface area contributed by atoms with Crippen LogP contribution in [-0.4, -0.2) is 244 Å². The maximum absolute atomic E-state index is 10.4. The minimum Gasteiger partial charge on any atom is -0.379 e. The van der Waals surface area contributed by atoms with E-state index in [1.807, 2.05) is 0 Å². The Morgan fingerprint density at radius 1 is 0.221 bits per heavy atom. The van der Waals surface area contributed by atoms with Crippen LogP contribution in [-0.2, 0) is 95.1 Å². The first kappa shape index (κ1) is 67.2. The van der Waals surface area contributed by atoms with Crippen molar-refractivity contribution < 1.29 is 97.7 Å². The van der Waals surface area contributed by atoms with Gasteiger partial charge in [-0.3, -0.25) is 4.55 Å². The third-order valence-corrected chi connectivity index (χ3v) is 9.52. The molecule has 0 unspecified atom stereocenters. The van der Waals surface area contributed by atoms with E-state index in [9.17, 15) is 8.42 Å². The molecule has 0 aliphatic rings. The average Bonchev–Trinajstić information content (AvgIpc) is 3.32. The fourth-order valence-electron chi connectivity index (χ4n) is 5.51. The Kier molecular flexibility index (Phi) is 59.8. The zero-order valence-electron chi connectivity index (χ0n) is 41.8. The van der Waals surface area contributed by atoms with Crippen LogP contribution < -0.4 is 0 Å². The second-order valence-corrected chi connectivity index (χ2v) is 15.9. The summed E-state index contributed by atoms with van der Waals surface area (Å²) in [6.45, 7) is 18.2. The second-order valence-electron chi connectivity index (χ2n) is 14.8. The van der Waals surface area contributed by atoms with Gasteiger partial charge >= 0.3 is 10.4 Å². The Bertz CT molecular complexity index is 1020. The van der Waals surface area contributed by atoms with E-state index in [0.717, 1.165) is 13.0 Å².